The van der Waals surface area contributed by atoms with E-state index in [9.17, 15) is 0 Å². The molecule has 1 atom stereocenters. The quantitative estimate of drug-likeness (QED) is 0.858. The molecular formula is C14H17N3. The summed E-state index contributed by atoms with van der Waals surface area (Å²) in [6.45, 7) is 5.95. The van der Waals surface area contributed by atoms with Crippen molar-refractivity contribution in [1.29, 1.82) is 0 Å². The lowest BCUT2D eigenvalue weighted by molar-refractivity contribution is 0.734. The Morgan fingerprint density at radius 1 is 1.12 bits per heavy atom. The molecule has 0 aliphatic heterocycles. The topological polar surface area (TPSA) is 51.8 Å². The summed E-state index contributed by atoms with van der Waals surface area (Å²) in [7, 11) is 0. The number of nitrogens with two attached hydrogens (primary N) is 1. The standard InChI is InChI=1S/C14H17N3/c1-9-6-4-5-7-12(9)13-8-10(2)16-14(17-13)11(3)15/h4-8,11H,15H2,1-3H3. The molecule has 1 aromatic heterocycles. The van der Waals surface area contributed by atoms with Gasteiger partial charge in [-0.1, -0.05) is 24.3 Å². The molecule has 0 fully saturated rings. The van der Waals surface area contributed by atoms with E-state index in [1.807, 2.05) is 32.0 Å². The van der Waals surface area contributed by atoms with Gasteiger partial charge in [-0.2, -0.15) is 0 Å². The predicted molar refractivity (Wildman–Crippen MR) is 69.5 cm³/mol. The summed E-state index contributed by atoms with van der Waals surface area (Å²) in [6.07, 6.45) is 0. The average molecular weight is 227 g/mol. The van der Waals surface area contributed by atoms with E-state index in [0.717, 1.165) is 17.0 Å². The van der Waals surface area contributed by atoms with Gasteiger partial charge in [0.1, 0.15) is 5.82 Å². The molecule has 0 radical (unpaired) electrons. The van der Waals surface area contributed by atoms with Crippen molar-refractivity contribution in [3.8, 4) is 11.3 Å². The highest BCUT2D eigenvalue weighted by Crippen LogP contribution is 2.22. The van der Waals surface area contributed by atoms with Gasteiger partial charge in [0.2, 0.25) is 0 Å². The zero-order valence-electron chi connectivity index (χ0n) is 10.4. The molecule has 2 rings (SSSR count). The Balaban J connectivity index is 2.56. The second-order valence-electron chi connectivity index (χ2n) is 4.36. The molecule has 2 aromatic rings. The molecule has 3 nitrogen and oxygen atoms in total. The molecule has 0 saturated heterocycles. The SMILES string of the molecule is Cc1cc(-c2ccccc2C)nc(C(C)N)n1. The van der Waals surface area contributed by atoms with Crippen molar-refractivity contribution in [1.82, 2.24) is 9.97 Å². The van der Waals surface area contributed by atoms with Crippen LogP contribution in [0.1, 0.15) is 30.0 Å². The van der Waals surface area contributed by atoms with Crippen molar-refractivity contribution < 1.29 is 0 Å². The Labute approximate surface area is 102 Å². The summed E-state index contributed by atoms with van der Waals surface area (Å²) < 4.78 is 0. The zero-order chi connectivity index (χ0) is 12.4. The molecule has 17 heavy (non-hydrogen) atoms. The first kappa shape index (κ1) is 11.7. The van der Waals surface area contributed by atoms with E-state index in [0.29, 0.717) is 5.82 Å². The highest BCUT2D eigenvalue weighted by Gasteiger charge is 2.09. The first-order valence-corrected chi connectivity index (χ1v) is 5.75. The van der Waals surface area contributed by atoms with Gasteiger partial charge >= 0.3 is 0 Å². The third kappa shape index (κ3) is 2.50. The Morgan fingerprint density at radius 2 is 1.82 bits per heavy atom. The van der Waals surface area contributed by atoms with Gasteiger partial charge in [-0.15, -0.1) is 0 Å². The zero-order valence-corrected chi connectivity index (χ0v) is 10.4. The number of aromatic nitrogens is 2. The van der Waals surface area contributed by atoms with Crippen LogP contribution in [0.25, 0.3) is 11.3 Å². The second kappa shape index (κ2) is 4.63. The van der Waals surface area contributed by atoms with Crippen molar-refractivity contribution in [3.05, 3.63) is 47.4 Å². The molecule has 0 aliphatic rings. The summed E-state index contributed by atoms with van der Waals surface area (Å²) in [5, 5.41) is 0. The highest BCUT2D eigenvalue weighted by molar-refractivity contribution is 5.63. The fraction of sp³-hybridized carbons (Fsp3) is 0.286. The maximum atomic E-state index is 5.84. The smallest absolute Gasteiger partial charge is 0.145 e. The summed E-state index contributed by atoms with van der Waals surface area (Å²) in [5.74, 6) is 0.697. The first-order valence-electron chi connectivity index (χ1n) is 5.75. The number of hydrogen-bond donors (Lipinski definition) is 1. The van der Waals surface area contributed by atoms with Crippen molar-refractivity contribution in [2.45, 2.75) is 26.8 Å². The number of hydrogen-bond acceptors (Lipinski definition) is 3. The summed E-state index contributed by atoms with van der Waals surface area (Å²) >= 11 is 0. The van der Waals surface area contributed by atoms with Crippen LogP contribution in [0.5, 0.6) is 0 Å². The van der Waals surface area contributed by atoms with E-state index in [-0.39, 0.29) is 6.04 Å². The normalized spacial score (nSPS) is 12.5. The van der Waals surface area contributed by atoms with Crippen molar-refractivity contribution in [2.75, 3.05) is 0 Å². The van der Waals surface area contributed by atoms with Crippen molar-refractivity contribution in [2.24, 2.45) is 5.73 Å². The maximum absolute atomic E-state index is 5.84. The Hall–Kier alpha value is -1.74. The van der Waals surface area contributed by atoms with E-state index in [4.69, 9.17) is 5.73 Å². The van der Waals surface area contributed by atoms with Crippen LogP contribution in [-0.2, 0) is 0 Å². The highest BCUT2D eigenvalue weighted by atomic mass is 14.9. The third-order valence-corrected chi connectivity index (χ3v) is 2.70. The van der Waals surface area contributed by atoms with Gasteiger partial charge < -0.3 is 5.73 Å². The molecular weight excluding hydrogens is 210 g/mol. The van der Waals surface area contributed by atoms with Crippen molar-refractivity contribution >= 4 is 0 Å². The molecule has 3 heteroatoms. The summed E-state index contributed by atoms with van der Waals surface area (Å²) in [5.41, 5.74) is 10.1. The fourth-order valence-electron chi connectivity index (χ4n) is 1.79. The second-order valence-corrected chi connectivity index (χ2v) is 4.36. The number of rotatable bonds is 2. The van der Waals surface area contributed by atoms with Gasteiger partial charge in [0.15, 0.2) is 0 Å². The predicted octanol–water partition coefficient (Wildman–Crippen LogP) is 2.78. The molecule has 0 saturated carbocycles. The average Bonchev–Trinajstić information content (AvgIpc) is 2.28. The molecule has 0 aliphatic carbocycles. The molecule has 1 unspecified atom stereocenters. The van der Waals surface area contributed by atoms with Gasteiger partial charge in [-0.3, -0.25) is 0 Å². The van der Waals surface area contributed by atoms with Crippen LogP contribution in [0.2, 0.25) is 0 Å². The molecule has 0 spiro atoms. The van der Waals surface area contributed by atoms with Crippen LogP contribution in [-0.4, -0.2) is 9.97 Å². The van der Waals surface area contributed by atoms with Gasteiger partial charge in [0.25, 0.3) is 0 Å². The number of nitrogens with zero attached hydrogens (tertiary/aromatic N) is 2. The van der Waals surface area contributed by atoms with E-state index in [1.165, 1.54) is 5.56 Å². The van der Waals surface area contributed by atoms with Gasteiger partial charge in [0, 0.05) is 11.3 Å². The van der Waals surface area contributed by atoms with Gasteiger partial charge in [-0.05, 0) is 32.4 Å². The minimum absolute atomic E-state index is 0.141. The first-order chi connectivity index (χ1) is 8.08. The summed E-state index contributed by atoms with van der Waals surface area (Å²) in [4.78, 5) is 8.88. The Bertz CT molecular complexity index is 533. The lowest BCUT2D eigenvalue weighted by atomic mass is 10.1. The lowest BCUT2D eigenvalue weighted by Gasteiger charge is -2.10. The van der Waals surface area contributed by atoms with E-state index >= 15 is 0 Å². The molecule has 1 heterocycles. The van der Waals surface area contributed by atoms with Crippen LogP contribution in [0.4, 0.5) is 0 Å². The van der Waals surface area contributed by atoms with Crippen LogP contribution in [0.15, 0.2) is 30.3 Å². The largest absolute Gasteiger partial charge is 0.322 e. The molecule has 2 N–H and O–H groups in total. The van der Waals surface area contributed by atoms with E-state index < -0.39 is 0 Å². The minimum atomic E-state index is -0.141. The molecule has 0 amide bonds. The molecule has 1 aromatic carbocycles. The van der Waals surface area contributed by atoms with E-state index in [2.05, 4.69) is 29.0 Å². The van der Waals surface area contributed by atoms with Crippen LogP contribution in [0.3, 0.4) is 0 Å². The molecule has 0 bridgehead atoms. The van der Waals surface area contributed by atoms with Crippen LogP contribution in [0, 0.1) is 13.8 Å². The van der Waals surface area contributed by atoms with Crippen molar-refractivity contribution in [3.63, 3.8) is 0 Å². The summed E-state index contributed by atoms with van der Waals surface area (Å²) in [6, 6.07) is 10.1. The monoisotopic (exact) mass is 227 g/mol. The minimum Gasteiger partial charge on any atom is -0.322 e. The Morgan fingerprint density at radius 3 is 2.47 bits per heavy atom. The van der Waals surface area contributed by atoms with Gasteiger partial charge in [-0.25, -0.2) is 9.97 Å². The number of benzene rings is 1. The lowest BCUT2D eigenvalue weighted by Crippen LogP contribution is -2.11. The Kier molecular flexibility index (Phi) is 3.20. The van der Waals surface area contributed by atoms with Crippen LogP contribution >= 0.6 is 0 Å². The van der Waals surface area contributed by atoms with Crippen LogP contribution < -0.4 is 5.73 Å². The molecule has 88 valence electrons. The third-order valence-electron chi connectivity index (χ3n) is 2.70. The number of aryl methyl sites for hydroxylation is 2. The van der Waals surface area contributed by atoms with E-state index in [1.54, 1.807) is 0 Å². The maximum Gasteiger partial charge on any atom is 0.145 e. The van der Waals surface area contributed by atoms with Gasteiger partial charge in [0.05, 0.1) is 11.7 Å². The fourth-order valence-corrected chi connectivity index (χ4v) is 1.79.